The summed E-state index contributed by atoms with van der Waals surface area (Å²) in [7, 11) is 0. The van der Waals surface area contributed by atoms with Crippen molar-refractivity contribution in [3.63, 3.8) is 0 Å². The maximum absolute atomic E-state index is 11.2. The summed E-state index contributed by atoms with van der Waals surface area (Å²) < 4.78 is 0. The summed E-state index contributed by atoms with van der Waals surface area (Å²) in [6.45, 7) is 0. The number of hydrogen-bond donors (Lipinski definition) is 1. The molecule has 4 bridgehead atoms. The van der Waals surface area contributed by atoms with Crippen molar-refractivity contribution < 1.29 is 14.7 Å². The molecule has 0 saturated heterocycles. The lowest BCUT2D eigenvalue weighted by atomic mass is 9.98. The standard InChI is InChI=1S/C8H8O3/c9-7-3-1-2-4(5(2)7)6(3)8(10)11/h2-6H,1H2,(H,10,11)/t2-,3-,4-,5-,6+/m1/s1. The summed E-state index contributed by atoms with van der Waals surface area (Å²) >= 11 is 0. The third kappa shape index (κ3) is 0.424. The summed E-state index contributed by atoms with van der Waals surface area (Å²) in [5, 5.41) is 8.77. The highest BCUT2D eigenvalue weighted by atomic mass is 16.4. The fourth-order valence-corrected chi connectivity index (χ4v) is 3.18. The third-order valence-corrected chi connectivity index (χ3v) is 3.58. The molecule has 0 unspecified atom stereocenters. The fourth-order valence-electron chi connectivity index (χ4n) is 3.18. The molecule has 1 N–H and O–H groups in total. The lowest BCUT2D eigenvalue weighted by Gasteiger charge is -2.05. The first-order valence-electron chi connectivity index (χ1n) is 3.98. The third-order valence-electron chi connectivity index (χ3n) is 3.58. The summed E-state index contributed by atoms with van der Waals surface area (Å²) in [6, 6.07) is 0. The SMILES string of the molecule is O=C(O)[C@@H]1[C@@H]2[C@H]3C[C@H]1C(=O)[C@H]32. The van der Waals surface area contributed by atoms with E-state index in [2.05, 4.69) is 0 Å². The van der Waals surface area contributed by atoms with Gasteiger partial charge in [0.15, 0.2) is 0 Å². The van der Waals surface area contributed by atoms with Gasteiger partial charge in [-0.25, -0.2) is 0 Å². The van der Waals surface area contributed by atoms with Crippen LogP contribution in [0.15, 0.2) is 0 Å². The largest absolute Gasteiger partial charge is 0.481 e. The molecule has 4 aliphatic rings. The highest BCUT2D eigenvalue weighted by Gasteiger charge is 2.75. The molecule has 0 aliphatic heterocycles. The number of aliphatic carboxylic acids is 1. The number of hydrogen-bond acceptors (Lipinski definition) is 2. The molecule has 4 rings (SSSR count). The first-order chi connectivity index (χ1) is 5.22. The van der Waals surface area contributed by atoms with Crippen LogP contribution in [0.2, 0.25) is 0 Å². The number of carbonyl (C=O) groups is 2. The molecule has 5 atom stereocenters. The van der Waals surface area contributed by atoms with Crippen LogP contribution < -0.4 is 0 Å². The Labute approximate surface area is 63.4 Å². The van der Waals surface area contributed by atoms with Crippen molar-refractivity contribution in [2.75, 3.05) is 0 Å². The van der Waals surface area contributed by atoms with Crippen LogP contribution in [0.4, 0.5) is 0 Å². The molecule has 0 heterocycles. The molecule has 4 aliphatic carbocycles. The number of Topliss-reactive ketones (excluding diaryl/α,β-unsaturated/α-hetero) is 1. The fraction of sp³-hybridized carbons (Fsp3) is 0.750. The van der Waals surface area contributed by atoms with Gasteiger partial charge in [0, 0.05) is 11.8 Å². The maximum Gasteiger partial charge on any atom is 0.307 e. The van der Waals surface area contributed by atoms with Crippen LogP contribution in [-0.4, -0.2) is 16.9 Å². The van der Waals surface area contributed by atoms with Crippen LogP contribution in [0.3, 0.4) is 0 Å². The van der Waals surface area contributed by atoms with Crippen molar-refractivity contribution in [2.45, 2.75) is 6.42 Å². The van der Waals surface area contributed by atoms with E-state index in [0.717, 1.165) is 6.42 Å². The molecular weight excluding hydrogens is 144 g/mol. The van der Waals surface area contributed by atoms with Crippen molar-refractivity contribution in [2.24, 2.45) is 29.6 Å². The topological polar surface area (TPSA) is 54.4 Å². The molecular formula is C8H8O3. The normalized spacial score (nSPS) is 56.7. The number of rotatable bonds is 1. The Morgan fingerprint density at radius 3 is 2.45 bits per heavy atom. The van der Waals surface area contributed by atoms with Crippen molar-refractivity contribution in [1.29, 1.82) is 0 Å². The molecule has 3 nitrogen and oxygen atoms in total. The quantitative estimate of drug-likeness (QED) is 0.582. The van der Waals surface area contributed by atoms with Gasteiger partial charge in [0.2, 0.25) is 0 Å². The van der Waals surface area contributed by atoms with Gasteiger partial charge in [0.25, 0.3) is 0 Å². The number of ketones is 1. The van der Waals surface area contributed by atoms with Gasteiger partial charge >= 0.3 is 5.97 Å². The minimum atomic E-state index is -0.754. The summed E-state index contributed by atoms with van der Waals surface area (Å²) in [5.74, 6) is -0.0482. The van der Waals surface area contributed by atoms with E-state index in [1.807, 2.05) is 0 Å². The molecule has 58 valence electrons. The highest BCUT2D eigenvalue weighted by Crippen LogP contribution is 2.71. The van der Waals surface area contributed by atoms with Crippen molar-refractivity contribution in [3.05, 3.63) is 0 Å². The minimum Gasteiger partial charge on any atom is -0.481 e. The maximum atomic E-state index is 11.2. The van der Waals surface area contributed by atoms with Gasteiger partial charge in [-0.2, -0.15) is 0 Å². The van der Waals surface area contributed by atoms with E-state index in [9.17, 15) is 9.59 Å². The van der Waals surface area contributed by atoms with Crippen molar-refractivity contribution in [1.82, 2.24) is 0 Å². The molecule has 11 heavy (non-hydrogen) atoms. The van der Waals surface area contributed by atoms with Gasteiger partial charge in [-0.05, 0) is 18.3 Å². The van der Waals surface area contributed by atoms with Gasteiger partial charge in [-0.15, -0.1) is 0 Å². The monoisotopic (exact) mass is 152 g/mol. The van der Waals surface area contributed by atoms with Gasteiger partial charge in [0.05, 0.1) is 5.92 Å². The van der Waals surface area contributed by atoms with E-state index in [0.29, 0.717) is 5.92 Å². The number of carboxylic acid groups (broad SMARTS) is 1. The van der Waals surface area contributed by atoms with Crippen LogP contribution in [0.5, 0.6) is 0 Å². The van der Waals surface area contributed by atoms with Crippen LogP contribution >= 0.6 is 0 Å². The predicted octanol–water partition coefficient (Wildman–Crippen LogP) is 0.152. The number of carbonyl (C=O) groups excluding carboxylic acids is 1. The van der Waals surface area contributed by atoms with Gasteiger partial charge < -0.3 is 5.11 Å². The lowest BCUT2D eigenvalue weighted by molar-refractivity contribution is -0.144. The molecule has 0 spiro atoms. The summed E-state index contributed by atoms with van der Waals surface area (Å²) in [4.78, 5) is 21.9. The molecule has 0 amide bonds. The Morgan fingerprint density at radius 2 is 2.27 bits per heavy atom. The average Bonchev–Trinajstić information content (AvgIpc) is 2.33. The van der Waals surface area contributed by atoms with Crippen LogP contribution in [0.1, 0.15) is 6.42 Å². The molecule has 0 aromatic carbocycles. The first kappa shape index (κ1) is 5.75. The van der Waals surface area contributed by atoms with Crippen LogP contribution in [0, 0.1) is 29.6 Å². The zero-order chi connectivity index (χ0) is 7.75. The summed E-state index contributed by atoms with van der Waals surface area (Å²) in [6.07, 6.45) is 0.866. The molecule has 4 fully saturated rings. The van der Waals surface area contributed by atoms with E-state index in [1.54, 1.807) is 0 Å². The van der Waals surface area contributed by atoms with Crippen LogP contribution in [0.25, 0.3) is 0 Å². The molecule has 0 aromatic rings. The Bertz CT molecular complexity index is 271. The Hall–Kier alpha value is -0.860. The van der Waals surface area contributed by atoms with E-state index < -0.39 is 5.97 Å². The van der Waals surface area contributed by atoms with E-state index in [-0.39, 0.29) is 29.5 Å². The smallest absolute Gasteiger partial charge is 0.307 e. The average molecular weight is 152 g/mol. The Kier molecular flexibility index (Phi) is 0.708. The van der Waals surface area contributed by atoms with Crippen molar-refractivity contribution >= 4 is 11.8 Å². The van der Waals surface area contributed by atoms with Gasteiger partial charge in [0.1, 0.15) is 5.78 Å². The molecule has 3 heteroatoms. The molecule has 0 aromatic heterocycles. The van der Waals surface area contributed by atoms with E-state index >= 15 is 0 Å². The van der Waals surface area contributed by atoms with E-state index in [1.165, 1.54) is 0 Å². The molecule has 0 radical (unpaired) electrons. The predicted molar refractivity (Wildman–Crippen MR) is 34.7 cm³/mol. The molecule has 4 saturated carbocycles. The van der Waals surface area contributed by atoms with E-state index in [4.69, 9.17) is 5.11 Å². The number of carboxylic acids is 1. The van der Waals surface area contributed by atoms with Crippen molar-refractivity contribution in [3.8, 4) is 0 Å². The van der Waals surface area contributed by atoms with Gasteiger partial charge in [-0.3, -0.25) is 9.59 Å². The second-order valence-electron chi connectivity index (χ2n) is 3.88. The Balaban J connectivity index is 2.03. The zero-order valence-electron chi connectivity index (χ0n) is 5.86. The van der Waals surface area contributed by atoms with Crippen LogP contribution in [-0.2, 0) is 9.59 Å². The summed E-state index contributed by atoms with van der Waals surface area (Å²) in [5.41, 5.74) is 0. The second kappa shape index (κ2) is 1.36. The minimum absolute atomic E-state index is 0.104. The highest BCUT2D eigenvalue weighted by molar-refractivity contribution is 5.98. The zero-order valence-corrected chi connectivity index (χ0v) is 5.86. The Morgan fingerprint density at radius 1 is 1.55 bits per heavy atom. The van der Waals surface area contributed by atoms with Gasteiger partial charge in [-0.1, -0.05) is 0 Å². The lowest BCUT2D eigenvalue weighted by Crippen LogP contribution is -2.19. The second-order valence-corrected chi connectivity index (χ2v) is 3.88. The first-order valence-corrected chi connectivity index (χ1v) is 3.98.